The Morgan fingerprint density at radius 2 is 1.97 bits per heavy atom. The second-order valence-electron chi connectivity index (χ2n) is 8.46. The Hall–Kier alpha value is -3.73. The lowest BCUT2D eigenvalue weighted by Crippen LogP contribution is -2.12. The standard InChI is InChI=1S/C25H25FN5O5P/c1-30(2)10-4-7-24(32)29-20-6-3-5-17(11-20)19-12-21-22(18-8-9-27-23(26)13-18)15-31(25(21)28-14-19)16-36-37(33,34)35/h3-9,11-15H,10,16H2,1-2H3,(H,29,32)(H2,33,34,35). The number of likely N-dealkylation sites (N-methyl/N-ethyl adjacent to an activating group) is 1. The van der Waals surface area contributed by atoms with Gasteiger partial charge in [-0.25, -0.2) is 14.5 Å². The normalized spacial score (nSPS) is 12.1. The zero-order valence-corrected chi connectivity index (χ0v) is 21.0. The number of anilines is 1. The van der Waals surface area contributed by atoms with Crippen LogP contribution in [-0.2, 0) is 20.6 Å². The van der Waals surface area contributed by atoms with Crippen molar-refractivity contribution in [3.05, 3.63) is 79.2 Å². The Morgan fingerprint density at radius 1 is 1.16 bits per heavy atom. The molecule has 12 heteroatoms. The average molecular weight is 525 g/mol. The van der Waals surface area contributed by atoms with E-state index in [-0.39, 0.29) is 5.91 Å². The summed E-state index contributed by atoms with van der Waals surface area (Å²) >= 11 is 0. The van der Waals surface area contributed by atoms with E-state index < -0.39 is 20.5 Å². The van der Waals surface area contributed by atoms with E-state index in [1.807, 2.05) is 31.1 Å². The molecule has 192 valence electrons. The molecule has 4 rings (SSSR count). The molecule has 0 unspecified atom stereocenters. The Bertz CT molecular complexity index is 1510. The van der Waals surface area contributed by atoms with Crippen LogP contribution in [-0.4, -0.2) is 55.8 Å². The summed E-state index contributed by atoms with van der Waals surface area (Å²) in [7, 11) is -0.909. The number of hydrogen-bond acceptors (Lipinski definition) is 6. The van der Waals surface area contributed by atoms with Gasteiger partial charge in [0.05, 0.1) is 0 Å². The SMILES string of the molecule is CN(C)CC=CC(=O)Nc1cccc(-c2cnc3c(c2)c(-c2ccnc(F)c2)cn3COP(=O)(O)O)c1. The van der Waals surface area contributed by atoms with Gasteiger partial charge in [0.1, 0.15) is 12.4 Å². The molecular weight excluding hydrogens is 500 g/mol. The topological polar surface area (TPSA) is 130 Å². The van der Waals surface area contributed by atoms with Crippen molar-refractivity contribution in [1.82, 2.24) is 19.4 Å². The second-order valence-corrected chi connectivity index (χ2v) is 9.70. The highest BCUT2D eigenvalue weighted by Crippen LogP contribution is 2.38. The van der Waals surface area contributed by atoms with Crippen LogP contribution in [0.3, 0.4) is 0 Å². The van der Waals surface area contributed by atoms with Gasteiger partial charge in [-0.05, 0) is 49.5 Å². The van der Waals surface area contributed by atoms with Crippen LogP contribution in [0.15, 0.2) is 73.2 Å². The first-order chi connectivity index (χ1) is 17.6. The number of nitrogens with one attached hydrogen (secondary N) is 1. The molecule has 0 bridgehead atoms. The van der Waals surface area contributed by atoms with Crippen LogP contribution in [0.5, 0.6) is 0 Å². The average Bonchev–Trinajstić information content (AvgIpc) is 3.20. The molecule has 1 amide bonds. The van der Waals surface area contributed by atoms with Crippen LogP contribution >= 0.6 is 7.82 Å². The summed E-state index contributed by atoms with van der Waals surface area (Å²) in [5, 5.41) is 3.44. The summed E-state index contributed by atoms with van der Waals surface area (Å²) in [5.41, 5.74) is 3.57. The van der Waals surface area contributed by atoms with Crippen molar-refractivity contribution in [2.75, 3.05) is 26.0 Å². The molecule has 0 saturated heterocycles. The number of rotatable bonds is 9. The van der Waals surface area contributed by atoms with Crippen molar-refractivity contribution in [3.8, 4) is 22.3 Å². The molecule has 0 radical (unpaired) electrons. The third kappa shape index (κ3) is 6.94. The minimum absolute atomic E-state index is 0.253. The van der Waals surface area contributed by atoms with Crippen LogP contribution in [0, 0.1) is 5.95 Å². The summed E-state index contributed by atoms with van der Waals surface area (Å²) in [6.45, 7) is 0.186. The number of nitrogens with zero attached hydrogens (tertiary/aromatic N) is 4. The van der Waals surface area contributed by atoms with E-state index in [1.165, 1.54) is 22.9 Å². The molecule has 0 aliphatic heterocycles. The van der Waals surface area contributed by atoms with Crippen molar-refractivity contribution in [2.24, 2.45) is 0 Å². The predicted octanol–water partition coefficient (Wildman–Crippen LogP) is 4.03. The van der Waals surface area contributed by atoms with Crippen LogP contribution in [0.1, 0.15) is 0 Å². The van der Waals surface area contributed by atoms with E-state index in [4.69, 9.17) is 9.79 Å². The van der Waals surface area contributed by atoms with Gasteiger partial charge in [0.15, 0.2) is 0 Å². The Kier molecular flexibility index (Phi) is 7.91. The van der Waals surface area contributed by atoms with E-state index in [1.54, 1.807) is 42.7 Å². The zero-order chi connectivity index (χ0) is 26.6. The monoisotopic (exact) mass is 525 g/mol. The van der Waals surface area contributed by atoms with Gasteiger partial charge < -0.3 is 24.6 Å². The maximum Gasteiger partial charge on any atom is 0.471 e. The molecule has 0 saturated carbocycles. The van der Waals surface area contributed by atoms with E-state index in [2.05, 4.69) is 19.8 Å². The van der Waals surface area contributed by atoms with Crippen molar-refractivity contribution >= 4 is 30.5 Å². The van der Waals surface area contributed by atoms with Gasteiger partial charge in [0, 0.05) is 59.5 Å². The van der Waals surface area contributed by atoms with Gasteiger partial charge in [0.2, 0.25) is 11.9 Å². The summed E-state index contributed by atoms with van der Waals surface area (Å²) in [6.07, 6.45) is 7.76. The minimum atomic E-state index is -4.73. The molecular formula is C25H25FN5O5P. The fourth-order valence-corrected chi connectivity index (χ4v) is 3.97. The summed E-state index contributed by atoms with van der Waals surface area (Å²) in [4.78, 5) is 40.5. The Balaban J connectivity index is 1.70. The highest BCUT2D eigenvalue weighted by molar-refractivity contribution is 7.46. The maximum absolute atomic E-state index is 13.9. The molecule has 3 heterocycles. The summed E-state index contributed by atoms with van der Waals surface area (Å²) in [6, 6.07) is 12.0. The van der Waals surface area contributed by atoms with Gasteiger partial charge in [0.25, 0.3) is 0 Å². The number of carbonyl (C=O) groups excluding carboxylic acids is 1. The quantitative estimate of drug-likeness (QED) is 0.170. The summed E-state index contributed by atoms with van der Waals surface area (Å²) < 4.78 is 31.2. The molecule has 3 aromatic heterocycles. The van der Waals surface area contributed by atoms with Gasteiger partial charge in [-0.1, -0.05) is 18.2 Å². The molecule has 0 aliphatic rings. The number of phosphoric ester groups is 1. The van der Waals surface area contributed by atoms with Crippen molar-refractivity contribution in [3.63, 3.8) is 0 Å². The van der Waals surface area contributed by atoms with E-state index in [0.29, 0.717) is 34.4 Å². The number of pyridine rings is 2. The van der Waals surface area contributed by atoms with Crippen molar-refractivity contribution in [1.29, 1.82) is 0 Å². The molecule has 0 fully saturated rings. The fourth-order valence-electron chi connectivity index (χ4n) is 3.70. The number of amides is 1. The Labute approximate surface area is 212 Å². The maximum atomic E-state index is 13.9. The molecule has 0 aliphatic carbocycles. The molecule has 0 spiro atoms. The number of halogens is 1. The van der Waals surface area contributed by atoms with Crippen LogP contribution in [0.4, 0.5) is 10.1 Å². The van der Waals surface area contributed by atoms with E-state index in [9.17, 15) is 13.8 Å². The molecule has 0 atom stereocenters. The molecule has 1 aromatic carbocycles. The first-order valence-electron chi connectivity index (χ1n) is 11.1. The number of hydrogen-bond donors (Lipinski definition) is 3. The number of phosphoric acid groups is 1. The van der Waals surface area contributed by atoms with Crippen molar-refractivity contribution < 1.29 is 28.1 Å². The highest BCUT2D eigenvalue weighted by Gasteiger charge is 2.18. The first-order valence-corrected chi connectivity index (χ1v) is 12.7. The van der Waals surface area contributed by atoms with E-state index in [0.717, 1.165) is 11.1 Å². The summed E-state index contributed by atoms with van der Waals surface area (Å²) in [5.74, 6) is -0.922. The smallest absolute Gasteiger partial charge is 0.323 e. The lowest BCUT2D eigenvalue weighted by Gasteiger charge is -2.09. The lowest BCUT2D eigenvalue weighted by molar-refractivity contribution is -0.111. The number of aromatic nitrogens is 3. The number of carbonyl (C=O) groups is 1. The molecule has 3 N–H and O–H groups in total. The molecule has 10 nitrogen and oxygen atoms in total. The molecule has 4 aromatic rings. The highest BCUT2D eigenvalue weighted by atomic mass is 31.2. The minimum Gasteiger partial charge on any atom is -0.323 e. The third-order valence-electron chi connectivity index (χ3n) is 5.32. The second kappa shape index (κ2) is 11.1. The van der Waals surface area contributed by atoms with Crippen LogP contribution in [0.25, 0.3) is 33.3 Å². The fraction of sp³-hybridized carbons (Fsp3) is 0.160. The number of fused-ring (bicyclic) bond motifs is 1. The van der Waals surface area contributed by atoms with Crippen LogP contribution < -0.4 is 5.32 Å². The van der Waals surface area contributed by atoms with Crippen molar-refractivity contribution in [2.45, 2.75) is 6.73 Å². The van der Waals surface area contributed by atoms with Crippen LogP contribution in [0.2, 0.25) is 0 Å². The zero-order valence-electron chi connectivity index (χ0n) is 20.1. The van der Waals surface area contributed by atoms with E-state index >= 15 is 0 Å². The Morgan fingerprint density at radius 3 is 2.70 bits per heavy atom. The van der Waals surface area contributed by atoms with Gasteiger partial charge >= 0.3 is 7.82 Å². The molecule has 37 heavy (non-hydrogen) atoms. The predicted molar refractivity (Wildman–Crippen MR) is 138 cm³/mol. The van der Waals surface area contributed by atoms with Gasteiger partial charge in [-0.2, -0.15) is 4.39 Å². The van der Waals surface area contributed by atoms with Gasteiger partial charge in [-0.15, -0.1) is 0 Å². The van der Waals surface area contributed by atoms with Gasteiger partial charge in [-0.3, -0.25) is 9.32 Å². The first kappa shape index (κ1) is 26.3. The number of benzene rings is 1. The third-order valence-corrected chi connectivity index (χ3v) is 5.77. The lowest BCUT2D eigenvalue weighted by atomic mass is 10.0. The largest absolute Gasteiger partial charge is 0.471 e.